The van der Waals surface area contributed by atoms with E-state index in [0.29, 0.717) is 0 Å². The van der Waals surface area contributed by atoms with E-state index in [0.717, 1.165) is 66.6 Å². The van der Waals surface area contributed by atoms with Gasteiger partial charge < -0.3 is 5.53 Å². The van der Waals surface area contributed by atoms with Crippen molar-refractivity contribution in [2.24, 2.45) is 0 Å². The Morgan fingerprint density at radius 2 is 1.21 bits per heavy atom. The minimum Gasteiger partial charge on any atom is -0.493 e. The molecule has 0 radical (unpaired) electrons. The Morgan fingerprint density at radius 3 is 1.89 bits per heavy atom. The lowest BCUT2D eigenvalue weighted by Crippen LogP contribution is -2.03. The van der Waals surface area contributed by atoms with Crippen molar-refractivity contribution in [3.05, 3.63) is 87.5 Å². The van der Waals surface area contributed by atoms with Crippen molar-refractivity contribution >= 4 is 11.4 Å². The maximum atomic E-state index is 11.8. The van der Waals surface area contributed by atoms with Crippen LogP contribution in [0, 0.1) is 11.8 Å². The highest BCUT2D eigenvalue weighted by Gasteiger charge is 2.35. The molecule has 1 heterocycles. The first-order chi connectivity index (χ1) is 18.6. The van der Waals surface area contributed by atoms with Crippen molar-refractivity contribution < 1.29 is 4.70 Å². The highest BCUT2D eigenvalue weighted by atomic mass is 15.2. The summed E-state index contributed by atoms with van der Waals surface area (Å²) in [4.78, 5) is 0. The van der Waals surface area contributed by atoms with Crippen LogP contribution in [0.1, 0.15) is 133 Å². The summed E-state index contributed by atoms with van der Waals surface area (Å²) in [5.74, 6) is 6.22. The van der Waals surface area contributed by atoms with Crippen LogP contribution in [0.15, 0.2) is 59.7 Å². The monoisotopic (exact) mass is 508 g/mol. The molecule has 2 aromatic rings. The van der Waals surface area contributed by atoms with E-state index in [1.54, 1.807) is 0 Å². The van der Waals surface area contributed by atoms with Crippen molar-refractivity contribution in [3.8, 4) is 11.8 Å². The van der Waals surface area contributed by atoms with Crippen molar-refractivity contribution in [3.63, 3.8) is 0 Å². The SMILES string of the molecule is CC#Cc1cccc(C2=C(CCCC)C(CCCCCCCC)=C(c3ccc(CCCCC)cc3)[N+]2=[N-])c1. The molecule has 2 aromatic carbocycles. The fraction of sp³-hybridized carbons (Fsp3) is 0.500. The standard InChI is InChI=1S/C36H48N2/c1-5-9-12-13-14-16-23-34-33(22-11-7-3)36(32-21-17-20-30(28-32)18-8-4)38(37)35(34)31-26-24-29(25-27-31)19-15-10-6-2/h17,20-21,24-28H,5-7,9-16,19,22-23H2,1-4H3. The lowest BCUT2D eigenvalue weighted by Gasteiger charge is -2.10. The Kier molecular flexibility index (Phi) is 12.6. The van der Waals surface area contributed by atoms with E-state index in [-0.39, 0.29) is 0 Å². The van der Waals surface area contributed by atoms with Gasteiger partial charge in [0.2, 0.25) is 11.4 Å². The summed E-state index contributed by atoms with van der Waals surface area (Å²) in [7, 11) is 0. The zero-order valence-electron chi connectivity index (χ0n) is 24.4. The van der Waals surface area contributed by atoms with Crippen LogP contribution in [0.25, 0.3) is 16.9 Å². The van der Waals surface area contributed by atoms with Crippen LogP contribution in [-0.2, 0) is 6.42 Å². The highest BCUT2D eigenvalue weighted by Crippen LogP contribution is 2.44. The highest BCUT2D eigenvalue weighted by molar-refractivity contribution is 5.82. The zero-order chi connectivity index (χ0) is 27.2. The molecule has 0 aromatic heterocycles. The van der Waals surface area contributed by atoms with Gasteiger partial charge in [0.1, 0.15) is 0 Å². The molecule has 1 aliphatic rings. The predicted octanol–water partition coefficient (Wildman–Crippen LogP) is 10.9. The number of allylic oxidation sites excluding steroid dienone is 2. The van der Waals surface area contributed by atoms with Crippen LogP contribution in [0.3, 0.4) is 0 Å². The maximum Gasteiger partial charge on any atom is 0.211 e. The van der Waals surface area contributed by atoms with Crippen molar-refractivity contribution in [1.29, 1.82) is 0 Å². The molecule has 0 spiro atoms. The molecule has 0 saturated heterocycles. The van der Waals surface area contributed by atoms with Crippen LogP contribution in [0.5, 0.6) is 0 Å². The lowest BCUT2D eigenvalue weighted by molar-refractivity contribution is -0.345. The van der Waals surface area contributed by atoms with E-state index in [1.807, 2.05) is 13.0 Å². The van der Waals surface area contributed by atoms with Gasteiger partial charge in [-0.05, 0) is 81.3 Å². The average molecular weight is 509 g/mol. The van der Waals surface area contributed by atoms with Gasteiger partial charge in [-0.25, -0.2) is 4.70 Å². The molecule has 0 unspecified atom stereocenters. The second-order valence-electron chi connectivity index (χ2n) is 10.7. The van der Waals surface area contributed by atoms with Gasteiger partial charge in [-0.15, -0.1) is 5.92 Å². The molecule has 2 nitrogen and oxygen atoms in total. The van der Waals surface area contributed by atoms with E-state index in [2.05, 4.69) is 75.1 Å². The number of rotatable bonds is 16. The van der Waals surface area contributed by atoms with Gasteiger partial charge in [-0.2, -0.15) is 0 Å². The molecule has 2 heteroatoms. The summed E-state index contributed by atoms with van der Waals surface area (Å²) in [6.07, 6.45) is 16.7. The number of hydrogen-bond acceptors (Lipinski definition) is 0. The van der Waals surface area contributed by atoms with E-state index in [4.69, 9.17) is 0 Å². The third-order valence-electron chi connectivity index (χ3n) is 7.62. The predicted molar refractivity (Wildman–Crippen MR) is 164 cm³/mol. The van der Waals surface area contributed by atoms with Gasteiger partial charge in [0.05, 0.1) is 0 Å². The Labute approximate surface area is 232 Å². The van der Waals surface area contributed by atoms with E-state index < -0.39 is 0 Å². The van der Waals surface area contributed by atoms with Gasteiger partial charge in [0, 0.05) is 27.8 Å². The fourth-order valence-corrected chi connectivity index (χ4v) is 5.52. The lowest BCUT2D eigenvalue weighted by atomic mass is 9.91. The van der Waals surface area contributed by atoms with E-state index in [9.17, 15) is 5.53 Å². The summed E-state index contributed by atoms with van der Waals surface area (Å²) < 4.78 is 1.50. The topological polar surface area (TPSA) is 25.3 Å². The van der Waals surface area contributed by atoms with Crippen LogP contribution >= 0.6 is 0 Å². The summed E-state index contributed by atoms with van der Waals surface area (Å²) in [6.45, 7) is 8.64. The second kappa shape index (κ2) is 16.1. The summed E-state index contributed by atoms with van der Waals surface area (Å²) in [5, 5.41) is 0. The summed E-state index contributed by atoms with van der Waals surface area (Å²) in [5.41, 5.74) is 20.9. The smallest absolute Gasteiger partial charge is 0.211 e. The summed E-state index contributed by atoms with van der Waals surface area (Å²) in [6, 6.07) is 17.3. The Balaban J connectivity index is 2.00. The van der Waals surface area contributed by atoms with Gasteiger partial charge in [0.15, 0.2) is 0 Å². The number of aryl methyl sites for hydroxylation is 1. The largest absolute Gasteiger partial charge is 0.493 e. The number of unbranched alkanes of at least 4 members (excludes halogenated alkanes) is 8. The quantitative estimate of drug-likeness (QED) is 0.122. The number of benzene rings is 2. The van der Waals surface area contributed by atoms with Gasteiger partial charge in [0.25, 0.3) is 0 Å². The second-order valence-corrected chi connectivity index (χ2v) is 10.7. The van der Waals surface area contributed by atoms with Gasteiger partial charge in [-0.1, -0.05) is 96.3 Å². The molecule has 38 heavy (non-hydrogen) atoms. The first kappa shape index (κ1) is 29.6. The number of hydrogen-bond donors (Lipinski definition) is 0. The third-order valence-corrected chi connectivity index (χ3v) is 7.62. The Hall–Kier alpha value is -2.92. The van der Waals surface area contributed by atoms with Crippen LogP contribution in [0.4, 0.5) is 0 Å². The molecule has 0 saturated carbocycles. The molecule has 0 aliphatic carbocycles. The van der Waals surface area contributed by atoms with Crippen LogP contribution in [0.2, 0.25) is 0 Å². The normalized spacial score (nSPS) is 13.3. The third kappa shape index (κ3) is 8.04. The Morgan fingerprint density at radius 1 is 0.632 bits per heavy atom. The van der Waals surface area contributed by atoms with Crippen LogP contribution < -0.4 is 0 Å². The molecule has 1 aliphatic heterocycles. The minimum atomic E-state index is 0.946. The van der Waals surface area contributed by atoms with Crippen molar-refractivity contribution in [1.82, 2.24) is 0 Å². The first-order valence-corrected chi connectivity index (χ1v) is 15.2. The molecular weight excluding hydrogens is 460 g/mol. The number of nitrogens with zero attached hydrogens (tertiary/aromatic N) is 2. The summed E-state index contributed by atoms with van der Waals surface area (Å²) >= 11 is 0. The molecule has 202 valence electrons. The molecule has 3 rings (SSSR count). The molecule has 0 amide bonds. The van der Waals surface area contributed by atoms with E-state index >= 15 is 0 Å². The zero-order valence-corrected chi connectivity index (χ0v) is 24.4. The average Bonchev–Trinajstić information content (AvgIpc) is 3.21. The molecule has 0 fully saturated rings. The molecular formula is C36H48N2. The van der Waals surface area contributed by atoms with Crippen molar-refractivity contribution in [2.45, 2.75) is 118 Å². The maximum absolute atomic E-state index is 11.8. The minimum absolute atomic E-state index is 0.946. The Bertz CT molecular complexity index is 1170. The van der Waals surface area contributed by atoms with Crippen LogP contribution in [-0.4, -0.2) is 4.70 Å². The van der Waals surface area contributed by atoms with Crippen molar-refractivity contribution in [2.75, 3.05) is 0 Å². The fourth-order valence-electron chi connectivity index (χ4n) is 5.52. The molecule has 0 N–H and O–H groups in total. The first-order valence-electron chi connectivity index (χ1n) is 15.2. The molecule has 0 atom stereocenters. The van der Waals surface area contributed by atoms with Gasteiger partial charge in [-0.3, -0.25) is 0 Å². The van der Waals surface area contributed by atoms with Gasteiger partial charge >= 0.3 is 0 Å². The molecule has 0 bridgehead atoms. The van der Waals surface area contributed by atoms with E-state index in [1.165, 1.54) is 72.8 Å².